The molecule has 4 heteroatoms. The van der Waals surface area contributed by atoms with Gasteiger partial charge in [0.15, 0.2) is 0 Å². The second-order valence-electron chi connectivity index (χ2n) is 5.45. The second kappa shape index (κ2) is 5.95. The van der Waals surface area contributed by atoms with E-state index in [-0.39, 0.29) is 17.5 Å². The van der Waals surface area contributed by atoms with Gasteiger partial charge in [0.05, 0.1) is 0 Å². The van der Waals surface area contributed by atoms with E-state index < -0.39 is 0 Å². The monoisotopic (exact) mass is 284 g/mol. The van der Waals surface area contributed by atoms with Crippen LogP contribution in [-0.4, -0.2) is 16.5 Å². The van der Waals surface area contributed by atoms with E-state index in [4.69, 9.17) is 0 Å². The van der Waals surface area contributed by atoms with Crippen LogP contribution in [0.4, 0.5) is 0 Å². The van der Waals surface area contributed by atoms with Crippen LogP contribution >= 0.6 is 0 Å². The van der Waals surface area contributed by atoms with Crippen molar-refractivity contribution in [3.8, 4) is 0 Å². The first-order chi connectivity index (χ1) is 9.93. The van der Waals surface area contributed by atoms with Crippen molar-refractivity contribution in [1.82, 2.24) is 9.88 Å². The number of benzene rings is 1. The third-order valence-electron chi connectivity index (χ3n) is 3.23. The molecule has 2 rings (SSSR count). The summed E-state index contributed by atoms with van der Waals surface area (Å²) in [7, 11) is 0. The van der Waals surface area contributed by atoms with Crippen molar-refractivity contribution in [1.29, 1.82) is 0 Å². The predicted octanol–water partition coefficient (Wildman–Crippen LogP) is 2.63. The maximum atomic E-state index is 12.6. The van der Waals surface area contributed by atoms with Crippen molar-refractivity contribution < 1.29 is 4.79 Å². The number of amides is 1. The molecular formula is C17H20N2O2. The molecule has 2 aromatic rings. The van der Waals surface area contributed by atoms with Gasteiger partial charge in [-0.1, -0.05) is 23.8 Å². The van der Waals surface area contributed by atoms with Gasteiger partial charge in [0, 0.05) is 18.0 Å². The molecule has 0 saturated carbocycles. The fourth-order valence-electron chi connectivity index (χ4n) is 2.30. The molecule has 0 bridgehead atoms. The Kier molecular flexibility index (Phi) is 4.26. The molecule has 1 N–H and O–H groups in total. The smallest absolute Gasteiger partial charge is 0.268 e. The summed E-state index contributed by atoms with van der Waals surface area (Å²) in [5.41, 5.74) is 1.22. The number of aryl methyl sites for hydroxylation is 1. The fraction of sp³-hybridized carbons (Fsp3) is 0.294. The van der Waals surface area contributed by atoms with E-state index >= 15 is 0 Å². The molecule has 0 radical (unpaired) electrons. The summed E-state index contributed by atoms with van der Waals surface area (Å²) in [6, 6.07) is 7.43. The Hall–Kier alpha value is -2.36. The van der Waals surface area contributed by atoms with Crippen molar-refractivity contribution in [2.75, 3.05) is 0 Å². The molecule has 1 heterocycles. The van der Waals surface area contributed by atoms with Crippen LogP contribution < -0.4 is 10.9 Å². The quantitative estimate of drug-likeness (QED) is 0.877. The van der Waals surface area contributed by atoms with Crippen LogP contribution in [0.5, 0.6) is 0 Å². The van der Waals surface area contributed by atoms with E-state index in [9.17, 15) is 9.59 Å². The van der Waals surface area contributed by atoms with Crippen molar-refractivity contribution in [2.24, 2.45) is 0 Å². The summed E-state index contributed by atoms with van der Waals surface area (Å²) in [5, 5.41) is 4.23. The van der Waals surface area contributed by atoms with Crippen LogP contribution in [0.25, 0.3) is 10.8 Å². The first-order valence-electron chi connectivity index (χ1n) is 7.00. The van der Waals surface area contributed by atoms with Gasteiger partial charge < -0.3 is 5.32 Å². The minimum Gasteiger partial charge on any atom is -0.349 e. The standard InChI is InChI=1S/C17H20N2O2/c1-5-8-19-15(16(20)18-11(2)3)10-13-7-6-12(4)9-14(13)17(19)21/h5-7,9-11H,1,8H2,2-4H3,(H,18,20). The van der Waals surface area contributed by atoms with Crippen LogP contribution in [0, 0.1) is 6.92 Å². The van der Waals surface area contributed by atoms with Crippen molar-refractivity contribution in [2.45, 2.75) is 33.4 Å². The Morgan fingerprint density at radius 3 is 2.71 bits per heavy atom. The normalized spacial score (nSPS) is 10.9. The zero-order valence-electron chi connectivity index (χ0n) is 12.6. The van der Waals surface area contributed by atoms with E-state index in [0.29, 0.717) is 17.6 Å². The highest BCUT2D eigenvalue weighted by Crippen LogP contribution is 2.14. The van der Waals surface area contributed by atoms with Crippen LogP contribution in [0.1, 0.15) is 29.9 Å². The second-order valence-corrected chi connectivity index (χ2v) is 5.45. The molecule has 0 aliphatic rings. The number of pyridine rings is 1. The van der Waals surface area contributed by atoms with E-state index in [1.807, 2.05) is 39.0 Å². The molecule has 1 aromatic carbocycles. The first kappa shape index (κ1) is 15.0. The minimum atomic E-state index is -0.244. The number of rotatable bonds is 4. The van der Waals surface area contributed by atoms with E-state index in [1.54, 1.807) is 12.1 Å². The average molecular weight is 284 g/mol. The lowest BCUT2D eigenvalue weighted by Gasteiger charge is -2.14. The number of carbonyl (C=O) groups is 1. The van der Waals surface area contributed by atoms with Gasteiger partial charge in [0.2, 0.25) is 0 Å². The molecule has 0 fully saturated rings. The molecule has 0 unspecified atom stereocenters. The van der Waals surface area contributed by atoms with Crippen LogP contribution in [0.15, 0.2) is 41.7 Å². The van der Waals surface area contributed by atoms with Gasteiger partial charge in [-0.15, -0.1) is 6.58 Å². The predicted molar refractivity (Wildman–Crippen MR) is 85.7 cm³/mol. The molecule has 4 nitrogen and oxygen atoms in total. The Bertz CT molecular complexity index is 757. The van der Waals surface area contributed by atoms with E-state index in [2.05, 4.69) is 11.9 Å². The Morgan fingerprint density at radius 1 is 1.38 bits per heavy atom. The summed E-state index contributed by atoms with van der Waals surface area (Å²) < 4.78 is 1.46. The highest BCUT2D eigenvalue weighted by Gasteiger charge is 2.15. The third kappa shape index (κ3) is 3.05. The number of fused-ring (bicyclic) bond motifs is 1. The highest BCUT2D eigenvalue weighted by atomic mass is 16.2. The number of nitrogens with zero attached hydrogens (tertiary/aromatic N) is 1. The van der Waals surface area contributed by atoms with Gasteiger partial charge in [0.1, 0.15) is 5.69 Å². The number of allylic oxidation sites excluding steroid dienone is 1. The number of hydrogen-bond acceptors (Lipinski definition) is 2. The summed E-state index contributed by atoms with van der Waals surface area (Å²) in [4.78, 5) is 24.9. The highest BCUT2D eigenvalue weighted by molar-refractivity contribution is 5.97. The minimum absolute atomic E-state index is 0.0125. The van der Waals surface area contributed by atoms with Crippen LogP contribution in [0.3, 0.4) is 0 Å². The summed E-state index contributed by atoms with van der Waals surface area (Å²) in [6.07, 6.45) is 1.62. The molecule has 0 spiro atoms. The Balaban J connectivity index is 2.71. The van der Waals surface area contributed by atoms with E-state index in [0.717, 1.165) is 10.9 Å². The maximum absolute atomic E-state index is 12.6. The molecule has 1 amide bonds. The third-order valence-corrected chi connectivity index (χ3v) is 3.23. The Morgan fingerprint density at radius 2 is 2.10 bits per heavy atom. The summed E-state index contributed by atoms with van der Waals surface area (Å²) >= 11 is 0. The maximum Gasteiger partial charge on any atom is 0.268 e. The largest absolute Gasteiger partial charge is 0.349 e. The zero-order chi connectivity index (χ0) is 15.6. The van der Waals surface area contributed by atoms with Gasteiger partial charge in [0.25, 0.3) is 11.5 Å². The summed E-state index contributed by atoms with van der Waals surface area (Å²) in [6.45, 7) is 9.69. The molecule has 110 valence electrons. The van der Waals surface area contributed by atoms with Crippen LogP contribution in [-0.2, 0) is 6.54 Å². The van der Waals surface area contributed by atoms with Gasteiger partial charge >= 0.3 is 0 Å². The number of aromatic nitrogens is 1. The molecule has 21 heavy (non-hydrogen) atoms. The van der Waals surface area contributed by atoms with Crippen molar-refractivity contribution in [3.05, 3.63) is 58.5 Å². The van der Waals surface area contributed by atoms with Crippen molar-refractivity contribution in [3.63, 3.8) is 0 Å². The lowest BCUT2D eigenvalue weighted by Crippen LogP contribution is -2.35. The number of hydrogen-bond donors (Lipinski definition) is 1. The lowest BCUT2D eigenvalue weighted by molar-refractivity contribution is 0.0933. The number of nitrogens with one attached hydrogen (secondary N) is 1. The zero-order valence-corrected chi connectivity index (χ0v) is 12.6. The van der Waals surface area contributed by atoms with Gasteiger partial charge in [-0.3, -0.25) is 14.2 Å². The average Bonchev–Trinajstić information content (AvgIpc) is 2.41. The van der Waals surface area contributed by atoms with Gasteiger partial charge in [-0.05, 0) is 38.3 Å². The molecule has 0 aliphatic heterocycles. The fourth-order valence-corrected chi connectivity index (χ4v) is 2.30. The van der Waals surface area contributed by atoms with Gasteiger partial charge in [-0.25, -0.2) is 0 Å². The first-order valence-corrected chi connectivity index (χ1v) is 7.00. The molecule has 0 saturated heterocycles. The molecule has 0 atom stereocenters. The molecular weight excluding hydrogens is 264 g/mol. The van der Waals surface area contributed by atoms with Crippen LogP contribution in [0.2, 0.25) is 0 Å². The molecule has 1 aromatic heterocycles. The lowest BCUT2D eigenvalue weighted by atomic mass is 10.1. The summed E-state index contributed by atoms with van der Waals surface area (Å²) in [5.74, 6) is -0.244. The Labute approximate surface area is 124 Å². The van der Waals surface area contributed by atoms with Gasteiger partial charge in [-0.2, -0.15) is 0 Å². The van der Waals surface area contributed by atoms with E-state index in [1.165, 1.54) is 4.57 Å². The topological polar surface area (TPSA) is 51.1 Å². The molecule has 0 aliphatic carbocycles. The number of carbonyl (C=O) groups excluding carboxylic acids is 1. The SMILES string of the molecule is C=CCn1c(C(=O)NC(C)C)cc2ccc(C)cc2c1=O. The van der Waals surface area contributed by atoms with Crippen molar-refractivity contribution >= 4 is 16.7 Å².